The standard InChI is InChI=1S/C26H28FN9O/c1-14-28-9-16(10-29-14)22-19(27)8-20-23(33-22)24(37-26(2)4-5-26)34-25(32-20)31-17-11-30-36(13-17)21-7-18-6-15(21)12-35(18)3/h8-11,13,15,18,21H,4-7,12H2,1-3H3,(H,31,32,34)/t15-,18-,21+/m0/s1. The van der Waals surface area contributed by atoms with Crippen molar-refractivity contribution in [3.05, 3.63) is 42.5 Å². The number of piperidine rings is 1. The van der Waals surface area contributed by atoms with Gasteiger partial charge in [-0.15, -0.1) is 0 Å². The summed E-state index contributed by atoms with van der Waals surface area (Å²) in [5.74, 6) is 1.35. The molecule has 3 fully saturated rings. The molecule has 190 valence electrons. The van der Waals surface area contributed by atoms with Crippen LogP contribution in [0, 0.1) is 18.7 Å². The third kappa shape index (κ3) is 4.07. The summed E-state index contributed by atoms with van der Waals surface area (Å²) < 4.78 is 23.5. The van der Waals surface area contributed by atoms with Crippen LogP contribution in [0.1, 0.15) is 44.5 Å². The third-order valence-corrected chi connectivity index (χ3v) is 7.92. The summed E-state index contributed by atoms with van der Waals surface area (Å²) >= 11 is 0. The van der Waals surface area contributed by atoms with Gasteiger partial charge in [0.15, 0.2) is 11.3 Å². The molecule has 10 nitrogen and oxygen atoms in total. The van der Waals surface area contributed by atoms with Gasteiger partial charge < -0.3 is 15.0 Å². The number of fused-ring (bicyclic) bond motifs is 3. The fraction of sp³-hybridized carbons (Fsp3) is 0.462. The van der Waals surface area contributed by atoms with E-state index in [0.29, 0.717) is 52.3 Å². The second kappa shape index (κ2) is 8.14. The summed E-state index contributed by atoms with van der Waals surface area (Å²) in [6, 6.07) is 2.41. The van der Waals surface area contributed by atoms with Crippen LogP contribution in [0.15, 0.2) is 30.9 Å². The molecule has 0 aromatic carbocycles. The Morgan fingerprint density at radius 3 is 2.62 bits per heavy atom. The number of nitrogens with zero attached hydrogens (tertiary/aromatic N) is 8. The average molecular weight is 502 g/mol. The summed E-state index contributed by atoms with van der Waals surface area (Å²) in [5.41, 5.74) is 1.85. The minimum absolute atomic E-state index is 0.139. The normalized spacial score (nSPS) is 24.1. The van der Waals surface area contributed by atoms with Crippen molar-refractivity contribution in [3.63, 3.8) is 0 Å². The van der Waals surface area contributed by atoms with Gasteiger partial charge in [0.2, 0.25) is 11.8 Å². The molecule has 2 bridgehead atoms. The topological polar surface area (TPSA) is 107 Å². The fourth-order valence-corrected chi connectivity index (χ4v) is 5.55. The van der Waals surface area contributed by atoms with Crippen molar-refractivity contribution >= 4 is 22.7 Å². The van der Waals surface area contributed by atoms with E-state index in [9.17, 15) is 0 Å². The molecular formula is C26H28FN9O. The number of halogens is 1. The Balaban J connectivity index is 1.22. The second-order valence-electron chi connectivity index (χ2n) is 10.8. The maximum atomic E-state index is 15.2. The van der Waals surface area contributed by atoms with Crippen molar-refractivity contribution in [1.82, 2.24) is 39.6 Å². The first-order valence-corrected chi connectivity index (χ1v) is 12.7. The van der Waals surface area contributed by atoms with Crippen molar-refractivity contribution in [2.45, 2.75) is 57.2 Å². The zero-order valence-corrected chi connectivity index (χ0v) is 21.0. The van der Waals surface area contributed by atoms with Gasteiger partial charge in [-0.1, -0.05) is 0 Å². The van der Waals surface area contributed by atoms with Crippen LogP contribution in [0.4, 0.5) is 16.0 Å². The Kier molecular flexibility index (Phi) is 4.94. The van der Waals surface area contributed by atoms with E-state index in [1.165, 1.54) is 12.5 Å². The van der Waals surface area contributed by atoms with Gasteiger partial charge in [-0.05, 0) is 52.5 Å². The van der Waals surface area contributed by atoms with Gasteiger partial charge in [0, 0.05) is 42.8 Å². The first kappa shape index (κ1) is 22.5. The van der Waals surface area contributed by atoms with Crippen LogP contribution in [-0.2, 0) is 0 Å². The van der Waals surface area contributed by atoms with Crippen molar-refractivity contribution < 1.29 is 9.13 Å². The molecule has 0 amide bonds. The molecule has 1 aliphatic heterocycles. The molecular weight excluding hydrogens is 473 g/mol. The Morgan fingerprint density at radius 1 is 1.11 bits per heavy atom. The first-order chi connectivity index (χ1) is 17.8. The zero-order valence-electron chi connectivity index (χ0n) is 21.0. The fourth-order valence-electron chi connectivity index (χ4n) is 5.55. The zero-order chi connectivity index (χ0) is 25.3. The van der Waals surface area contributed by atoms with E-state index in [0.717, 1.165) is 31.5 Å². The molecule has 4 aromatic rings. The van der Waals surface area contributed by atoms with Gasteiger partial charge in [0.1, 0.15) is 22.6 Å². The smallest absolute Gasteiger partial charge is 0.246 e. The Hall–Kier alpha value is -3.73. The highest BCUT2D eigenvalue weighted by atomic mass is 19.1. The van der Waals surface area contributed by atoms with E-state index in [2.05, 4.69) is 52.0 Å². The summed E-state index contributed by atoms with van der Waals surface area (Å²) in [5, 5.41) is 7.87. The number of nitrogens with one attached hydrogen (secondary N) is 1. The SMILES string of the molecule is Cc1ncc(-c2nc3c(OC4(C)CC4)nc(Nc4cnn([C@@H]5C[C@@H]6C[C@H]5CN6C)c4)nc3cc2F)cn1. The number of aromatic nitrogens is 7. The average Bonchev–Trinajstić information content (AvgIpc) is 3.20. The molecule has 11 heteroatoms. The molecule has 5 heterocycles. The molecule has 3 aliphatic rings. The first-order valence-electron chi connectivity index (χ1n) is 12.7. The van der Waals surface area contributed by atoms with E-state index < -0.39 is 5.82 Å². The van der Waals surface area contributed by atoms with Crippen LogP contribution < -0.4 is 10.1 Å². The predicted molar refractivity (Wildman–Crippen MR) is 135 cm³/mol. The van der Waals surface area contributed by atoms with Crippen LogP contribution in [-0.4, -0.2) is 64.8 Å². The monoisotopic (exact) mass is 501 g/mol. The maximum Gasteiger partial charge on any atom is 0.246 e. The van der Waals surface area contributed by atoms with E-state index in [1.807, 2.05) is 13.1 Å². The Morgan fingerprint density at radius 2 is 1.92 bits per heavy atom. The van der Waals surface area contributed by atoms with Gasteiger partial charge in [-0.3, -0.25) is 4.68 Å². The molecule has 37 heavy (non-hydrogen) atoms. The number of aryl methyl sites for hydroxylation is 1. The van der Waals surface area contributed by atoms with E-state index in [-0.39, 0.29) is 11.3 Å². The lowest BCUT2D eigenvalue weighted by atomic mass is 10.0. The third-order valence-electron chi connectivity index (χ3n) is 7.92. The molecule has 7 rings (SSSR count). The van der Waals surface area contributed by atoms with Crippen LogP contribution in [0.3, 0.4) is 0 Å². The molecule has 2 aliphatic carbocycles. The minimum atomic E-state index is -0.512. The van der Waals surface area contributed by atoms with Crippen molar-refractivity contribution in [2.75, 3.05) is 18.9 Å². The molecule has 0 unspecified atom stereocenters. The number of hydrogen-bond acceptors (Lipinski definition) is 9. The lowest BCUT2D eigenvalue weighted by molar-refractivity contribution is 0.194. The molecule has 0 radical (unpaired) electrons. The molecule has 3 atom stereocenters. The van der Waals surface area contributed by atoms with Gasteiger partial charge in [0.05, 0.1) is 17.9 Å². The highest BCUT2D eigenvalue weighted by Gasteiger charge is 2.44. The van der Waals surface area contributed by atoms with Crippen LogP contribution in [0.5, 0.6) is 5.88 Å². The van der Waals surface area contributed by atoms with Crippen LogP contribution in [0.25, 0.3) is 22.3 Å². The van der Waals surface area contributed by atoms with Gasteiger partial charge in [0.25, 0.3) is 0 Å². The molecule has 4 aromatic heterocycles. The number of anilines is 2. The lowest BCUT2D eigenvalue weighted by Crippen LogP contribution is -2.33. The van der Waals surface area contributed by atoms with E-state index in [4.69, 9.17) is 4.74 Å². The molecule has 0 spiro atoms. The highest BCUT2D eigenvalue weighted by Crippen LogP contribution is 2.44. The predicted octanol–water partition coefficient (Wildman–Crippen LogP) is 4.07. The summed E-state index contributed by atoms with van der Waals surface area (Å²) in [4.78, 5) is 24.6. The quantitative estimate of drug-likeness (QED) is 0.418. The van der Waals surface area contributed by atoms with Crippen molar-refractivity contribution in [2.24, 2.45) is 5.92 Å². The van der Waals surface area contributed by atoms with E-state index >= 15 is 4.39 Å². The maximum absolute atomic E-state index is 15.2. The Bertz CT molecular complexity index is 1500. The number of hydrogen-bond donors (Lipinski definition) is 1. The molecule has 1 saturated heterocycles. The van der Waals surface area contributed by atoms with E-state index in [1.54, 1.807) is 25.5 Å². The highest BCUT2D eigenvalue weighted by molar-refractivity contribution is 5.83. The van der Waals surface area contributed by atoms with Crippen LogP contribution in [0.2, 0.25) is 0 Å². The van der Waals surface area contributed by atoms with Crippen LogP contribution >= 0.6 is 0 Å². The summed E-state index contributed by atoms with van der Waals surface area (Å²) in [6.45, 7) is 4.92. The van der Waals surface area contributed by atoms with Gasteiger partial charge in [-0.25, -0.2) is 24.3 Å². The van der Waals surface area contributed by atoms with Crippen molar-refractivity contribution in [1.29, 1.82) is 0 Å². The summed E-state index contributed by atoms with van der Waals surface area (Å²) in [7, 11) is 2.20. The largest absolute Gasteiger partial charge is 0.470 e. The minimum Gasteiger partial charge on any atom is -0.470 e. The second-order valence-corrected chi connectivity index (χ2v) is 10.8. The van der Waals surface area contributed by atoms with Crippen molar-refractivity contribution in [3.8, 4) is 17.1 Å². The molecule has 1 N–H and O–H groups in total. The summed E-state index contributed by atoms with van der Waals surface area (Å²) in [6.07, 6.45) is 11.1. The van der Waals surface area contributed by atoms with Gasteiger partial charge >= 0.3 is 0 Å². The number of likely N-dealkylation sites (tertiary alicyclic amines) is 1. The lowest BCUT2D eigenvalue weighted by Gasteiger charge is -2.28. The molecule has 2 saturated carbocycles. The van der Waals surface area contributed by atoms with Gasteiger partial charge in [-0.2, -0.15) is 10.1 Å². The number of pyridine rings is 1. The Labute approximate surface area is 213 Å². The number of rotatable bonds is 6. The number of ether oxygens (including phenoxy) is 1.